The highest BCUT2D eigenvalue weighted by molar-refractivity contribution is 5.34. The largest absolute Gasteiger partial charge is 0.379 e. The Hall–Kier alpha value is -0.660. The molecule has 0 spiro atoms. The summed E-state index contributed by atoms with van der Waals surface area (Å²) in [5.74, 6) is 0. The maximum atomic E-state index is 10.0. The molecule has 0 radical (unpaired) electrons. The number of aliphatic imine (C=N–C) groups is 1. The standard InChI is InChI=1S/C8H15NO2/c1-5-7(11-4)8(2,3)9-6-10/h7H,5H2,1-4H3. The van der Waals surface area contributed by atoms with Crippen molar-refractivity contribution in [2.45, 2.75) is 38.8 Å². The Balaban J connectivity index is 4.35. The monoisotopic (exact) mass is 157 g/mol. The first-order valence-electron chi connectivity index (χ1n) is 3.70. The summed E-state index contributed by atoms with van der Waals surface area (Å²) in [5.41, 5.74) is -0.453. The summed E-state index contributed by atoms with van der Waals surface area (Å²) >= 11 is 0. The number of ether oxygens (including phenoxy) is 1. The predicted octanol–water partition coefficient (Wildman–Crippen LogP) is 1.53. The average molecular weight is 157 g/mol. The Morgan fingerprint density at radius 1 is 1.64 bits per heavy atom. The van der Waals surface area contributed by atoms with Gasteiger partial charge in [0.25, 0.3) is 0 Å². The number of hydrogen-bond donors (Lipinski definition) is 0. The minimum atomic E-state index is -0.453. The zero-order valence-electron chi connectivity index (χ0n) is 7.55. The van der Waals surface area contributed by atoms with E-state index in [9.17, 15) is 4.79 Å². The number of hydrogen-bond acceptors (Lipinski definition) is 3. The Labute approximate surface area is 67.5 Å². The lowest BCUT2D eigenvalue weighted by molar-refractivity contribution is 0.0477. The molecule has 0 aromatic carbocycles. The number of carbonyl (C=O) groups excluding carboxylic acids is 1. The molecule has 0 N–H and O–H groups in total. The third-order valence-corrected chi connectivity index (χ3v) is 1.78. The van der Waals surface area contributed by atoms with Gasteiger partial charge in [0.15, 0.2) is 0 Å². The molecule has 0 aromatic heterocycles. The lowest BCUT2D eigenvalue weighted by Gasteiger charge is -2.26. The lowest BCUT2D eigenvalue weighted by Crippen LogP contribution is -2.35. The fourth-order valence-corrected chi connectivity index (χ4v) is 1.14. The van der Waals surface area contributed by atoms with Crippen LogP contribution in [0.4, 0.5) is 0 Å². The van der Waals surface area contributed by atoms with E-state index < -0.39 is 5.54 Å². The van der Waals surface area contributed by atoms with Gasteiger partial charge < -0.3 is 4.74 Å². The first-order chi connectivity index (χ1) is 5.08. The van der Waals surface area contributed by atoms with Gasteiger partial charge in [-0.2, -0.15) is 4.99 Å². The van der Waals surface area contributed by atoms with Gasteiger partial charge in [0.05, 0.1) is 11.6 Å². The van der Waals surface area contributed by atoms with Gasteiger partial charge >= 0.3 is 0 Å². The van der Waals surface area contributed by atoms with Crippen molar-refractivity contribution in [3.63, 3.8) is 0 Å². The summed E-state index contributed by atoms with van der Waals surface area (Å²) in [6.45, 7) is 5.71. The van der Waals surface area contributed by atoms with Crippen LogP contribution < -0.4 is 0 Å². The molecule has 3 heteroatoms. The van der Waals surface area contributed by atoms with Crippen molar-refractivity contribution in [3.05, 3.63) is 0 Å². The molecule has 0 aliphatic heterocycles. The minimum Gasteiger partial charge on any atom is -0.379 e. The topological polar surface area (TPSA) is 38.7 Å². The van der Waals surface area contributed by atoms with Crippen LogP contribution in [0.5, 0.6) is 0 Å². The Bertz CT molecular complexity index is 155. The van der Waals surface area contributed by atoms with E-state index in [0.29, 0.717) is 0 Å². The molecule has 0 aliphatic carbocycles. The predicted molar refractivity (Wildman–Crippen MR) is 43.3 cm³/mol. The minimum absolute atomic E-state index is 0.0102. The van der Waals surface area contributed by atoms with Gasteiger partial charge in [0.2, 0.25) is 6.08 Å². The zero-order valence-corrected chi connectivity index (χ0v) is 7.55. The maximum absolute atomic E-state index is 10.0. The second kappa shape index (κ2) is 4.27. The summed E-state index contributed by atoms with van der Waals surface area (Å²) in [7, 11) is 1.62. The molecule has 0 saturated heterocycles. The zero-order chi connectivity index (χ0) is 8.91. The summed E-state index contributed by atoms with van der Waals surface area (Å²) < 4.78 is 5.14. The van der Waals surface area contributed by atoms with E-state index in [1.807, 2.05) is 20.8 Å². The fraction of sp³-hybridized carbons (Fsp3) is 0.875. The van der Waals surface area contributed by atoms with E-state index >= 15 is 0 Å². The Morgan fingerprint density at radius 2 is 2.18 bits per heavy atom. The number of isocyanates is 1. The smallest absolute Gasteiger partial charge is 0.235 e. The highest BCUT2D eigenvalue weighted by Gasteiger charge is 2.27. The van der Waals surface area contributed by atoms with E-state index in [4.69, 9.17) is 4.74 Å². The van der Waals surface area contributed by atoms with E-state index in [0.717, 1.165) is 6.42 Å². The van der Waals surface area contributed by atoms with Crippen LogP contribution in [0, 0.1) is 0 Å². The number of rotatable bonds is 4. The Morgan fingerprint density at radius 3 is 2.45 bits per heavy atom. The van der Waals surface area contributed by atoms with Crippen LogP contribution in [-0.2, 0) is 9.53 Å². The van der Waals surface area contributed by atoms with Gasteiger partial charge in [0, 0.05) is 7.11 Å². The van der Waals surface area contributed by atoms with Crippen LogP contribution in [0.3, 0.4) is 0 Å². The van der Waals surface area contributed by atoms with Gasteiger partial charge in [-0.15, -0.1) is 0 Å². The van der Waals surface area contributed by atoms with Crippen LogP contribution >= 0.6 is 0 Å². The fourth-order valence-electron chi connectivity index (χ4n) is 1.14. The van der Waals surface area contributed by atoms with Crippen molar-refractivity contribution in [3.8, 4) is 0 Å². The van der Waals surface area contributed by atoms with Gasteiger partial charge in [-0.05, 0) is 20.3 Å². The first-order valence-corrected chi connectivity index (χ1v) is 3.70. The lowest BCUT2D eigenvalue weighted by atomic mass is 9.96. The van der Waals surface area contributed by atoms with Crippen molar-refractivity contribution in [1.82, 2.24) is 0 Å². The molecule has 0 aliphatic rings. The van der Waals surface area contributed by atoms with Crippen LogP contribution in [-0.4, -0.2) is 24.8 Å². The Kier molecular flexibility index (Phi) is 4.01. The first kappa shape index (κ1) is 10.3. The highest BCUT2D eigenvalue weighted by atomic mass is 16.5. The van der Waals surface area contributed by atoms with Crippen molar-refractivity contribution in [2.24, 2.45) is 4.99 Å². The van der Waals surface area contributed by atoms with Gasteiger partial charge in [0.1, 0.15) is 0 Å². The summed E-state index contributed by atoms with van der Waals surface area (Å²) in [6.07, 6.45) is 2.38. The second-order valence-corrected chi connectivity index (χ2v) is 2.99. The van der Waals surface area contributed by atoms with E-state index in [1.54, 1.807) is 13.2 Å². The normalized spacial score (nSPS) is 13.8. The second-order valence-electron chi connectivity index (χ2n) is 2.99. The summed E-state index contributed by atoms with van der Waals surface area (Å²) in [4.78, 5) is 13.7. The van der Waals surface area contributed by atoms with E-state index in [1.165, 1.54) is 0 Å². The van der Waals surface area contributed by atoms with Crippen molar-refractivity contribution in [1.29, 1.82) is 0 Å². The van der Waals surface area contributed by atoms with Crippen LogP contribution in [0.2, 0.25) is 0 Å². The van der Waals surface area contributed by atoms with Gasteiger partial charge in [-0.25, -0.2) is 4.79 Å². The van der Waals surface area contributed by atoms with Crippen LogP contribution in [0.25, 0.3) is 0 Å². The molecule has 0 saturated carbocycles. The van der Waals surface area contributed by atoms with Crippen molar-refractivity contribution < 1.29 is 9.53 Å². The molecule has 64 valence electrons. The summed E-state index contributed by atoms with van der Waals surface area (Å²) in [6, 6.07) is 0. The number of methoxy groups -OCH3 is 1. The molecular weight excluding hydrogens is 142 g/mol. The molecule has 1 atom stereocenters. The SMILES string of the molecule is CCC(OC)C(C)(C)N=C=O. The molecule has 0 rings (SSSR count). The van der Waals surface area contributed by atoms with Crippen LogP contribution in [0.1, 0.15) is 27.2 Å². The molecule has 0 fully saturated rings. The van der Waals surface area contributed by atoms with Crippen molar-refractivity contribution in [2.75, 3.05) is 7.11 Å². The molecule has 3 nitrogen and oxygen atoms in total. The van der Waals surface area contributed by atoms with Crippen molar-refractivity contribution >= 4 is 6.08 Å². The van der Waals surface area contributed by atoms with E-state index in [-0.39, 0.29) is 6.10 Å². The highest BCUT2D eigenvalue weighted by Crippen LogP contribution is 2.19. The average Bonchev–Trinajstić information content (AvgIpc) is 1.89. The quantitative estimate of drug-likeness (QED) is 0.458. The molecule has 0 aromatic rings. The molecular formula is C8H15NO2. The number of nitrogens with zero attached hydrogens (tertiary/aromatic N) is 1. The van der Waals surface area contributed by atoms with Gasteiger partial charge in [-0.1, -0.05) is 6.92 Å². The summed E-state index contributed by atoms with van der Waals surface area (Å²) in [5, 5.41) is 0. The molecule has 0 heterocycles. The van der Waals surface area contributed by atoms with E-state index in [2.05, 4.69) is 4.99 Å². The maximum Gasteiger partial charge on any atom is 0.235 e. The third-order valence-electron chi connectivity index (χ3n) is 1.78. The third kappa shape index (κ3) is 2.83. The van der Waals surface area contributed by atoms with Crippen LogP contribution in [0.15, 0.2) is 4.99 Å². The molecule has 0 amide bonds. The molecule has 1 unspecified atom stereocenters. The molecule has 11 heavy (non-hydrogen) atoms. The van der Waals surface area contributed by atoms with Gasteiger partial charge in [-0.3, -0.25) is 0 Å². The molecule has 0 bridgehead atoms.